The van der Waals surface area contributed by atoms with Gasteiger partial charge >= 0.3 is 12.2 Å². The molecule has 2 heterocycles. The fourth-order valence-corrected chi connectivity index (χ4v) is 3.88. The number of rotatable bonds is 5. The number of benzene rings is 1. The number of piperidine rings is 1. The minimum atomic E-state index is -4.41. The van der Waals surface area contributed by atoms with Crippen molar-refractivity contribution in [3.63, 3.8) is 0 Å². The number of halogens is 3. The summed E-state index contributed by atoms with van der Waals surface area (Å²) in [7, 11) is 2.13. The molecular weight excluding hydrogens is 399 g/mol. The van der Waals surface area contributed by atoms with Gasteiger partial charge in [0.05, 0.1) is 5.56 Å². The van der Waals surface area contributed by atoms with Gasteiger partial charge in [-0.3, -0.25) is 16.0 Å². The minimum absolute atomic E-state index is 0.127. The molecule has 0 aromatic heterocycles. The van der Waals surface area contributed by atoms with E-state index in [4.69, 9.17) is 4.74 Å². The molecule has 10 heteroatoms. The van der Waals surface area contributed by atoms with E-state index >= 15 is 0 Å². The Kier molecular flexibility index (Phi) is 7.56. The standard InChI is InChI=1S/C20H30F3N5O2/c1-13-10-17(24-11-14-4-3-9-28(2)12-14)30-19(25-13)27-18(29)26-16-7-5-15(6-8-16)20(21,22)23/h5-8,13-14,17,19,24-25H,3-4,9-12H2,1-2H3,(H2,26,27,29). The van der Waals surface area contributed by atoms with Crippen LogP contribution in [-0.2, 0) is 10.9 Å². The van der Waals surface area contributed by atoms with Crippen molar-refractivity contribution >= 4 is 11.7 Å². The molecule has 30 heavy (non-hydrogen) atoms. The van der Waals surface area contributed by atoms with Crippen LogP contribution in [0, 0.1) is 5.92 Å². The highest BCUT2D eigenvalue weighted by Crippen LogP contribution is 2.29. The Bertz CT molecular complexity index is 701. The molecule has 0 saturated carbocycles. The number of alkyl halides is 3. The molecule has 1 aromatic rings. The average molecular weight is 429 g/mol. The van der Waals surface area contributed by atoms with Crippen LogP contribution >= 0.6 is 0 Å². The van der Waals surface area contributed by atoms with Crippen molar-refractivity contribution in [1.82, 2.24) is 20.9 Å². The second kappa shape index (κ2) is 9.95. The number of ether oxygens (including phenoxy) is 1. The van der Waals surface area contributed by atoms with Crippen LogP contribution in [0.5, 0.6) is 0 Å². The predicted molar refractivity (Wildman–Crippen MR) is 108 cm³/mol. The van der Waals surface area contributed by atoms with Gasteiger partial charge in [0.2, 0.25) is 0 Å². The maximum atomic E-state index is 12.6. The highest BCUT2D eigenvalue weighted by Gasteiger charge is 2.30. The van der Waals surface area contributed by atoms with E-state index < -0.39 is 24.1 Å². The van der Waals surface area contributed by atoms with E-state index in [9.17, 15) is 18.0 Å². The second-order valence-corrected chi connectivity index (χ2v) is 8.16. The largest absolute Gasteiger partial charge is 0.416 e. The predicted octanol–water partition coefficient (Wildman–Crippen LogP) is 2.77. The van der Waals surface area contributed by atoms with Crippen LogP contribution < -0.4 is 21.3 Å². The number of hydrogen-bond donors (Lipinski definition) is 4. The molecule has 4 unspecified atom stereocenters. The van der Waals surface area contributed by atoms with Crippen molar-refractivity contribution in [3.8, 4) is 0 Å². The molecule has 4 atom stereocenters. The van der Waals surface area contributed by atoms with Gasteiger partial charge in [-0.15, -0.1) is 0 Å². The number of amides is 2. The van der Waals surface area contributed by atoms with E-state index in [1.54, 1.807) is 0 Å². The average Bonchev–Trinajstić information content (AvgIpc) is 2.65. The van der Waals surface area contributed by atoms with Gasteiger partial charge in [-0.05, 0) is 63.5 Å². The number of anilines is 1. The van der Waals surface area contributed by atoms with Crippen LogP contribution in [0.2, 0.25) is 0 Å². The smallest absolute Gasteiger partial charge is 0.327 e. The summed E-state index contributed by atoms with van der Waals surface area (Å²) < 4.78 is 43.8. The summed E-state index contributed by atoms with van der Waals surface area (Å²) in [5, 5.41) is 11.8. The summed E-state index contributed by atoms with van der Waals surface area (Å²) in [5.74, 6) is 0.576. The third kappa shape index (κ3) is 6.83. The van der Waals surface area contributed by atoms with Crippen molar-refractivity contribution < 1.29 is 22.7 Å². The molecule has 4 N–H and O–H groups in total. The van der Waals surface area contributed by atoms with Gasteiger partial charge in [0.1, 0.15) is 6.23 Å². The molecule has 0 radical (unpaired) electrons. The Morgan fingerprint density at radius 1 is 1.30 bits per heavy atom. The van der Waals surface area contributed by atoms with Crippen LogP contribution in [0.4, 0.5) is 23.7 Å². The maximum Gasteiger partial charge on any atom is 0.416 e. The third-order valence-electron chi connectivity index (χ3n) is 5.39. The maximum absolute atomic E-state index is 12.6. The van der Waals surface area contributed by atoms with Gasteiger partial charge < -0.3 is 15.0 Å². The van der Waals surface area contributed by atoms with Gasteiger partial charge in [0, 0.05) is 31.2 Å². The fraction of sp³-hybridized carbons (Fsp3) is 0.650. The van der Waals surface area contributed by atoms with Crippen molar-refractivity contribution in [2.45, 2.75) is 51.0 Å². The summed E-state index contributed by atoms with van der Waals surface area (Å²) in [6.07, 6.45) is -2.15. The Morgan fingerprint density at radius 2 is 2.03 bits per heavy atom. The molecular formula is C20H30F3N5O2. The van der Waals surface area contributed by atoms with Gasteiger partial charge in [-0.25, -0.2) is 4.79 Å². The quantitative estimate of drug-likeness (QED) is 0.579. The number of carbonyl (C=O) groups excluding carboxylic acids is 1. The van der Waals surface area contributed by atoms with Gasteiger partial charge in [0.15, 0.2) is 6.35 Å². The first-order valence-electron chi connectivity index (χ1n) is 10.3. The van der Waals surface area contributed by atoms with E-state index in [2.05, 4.69) is 33.2 Å². The van der Waals surface area contributed by atoms with Crippen LogP contribution in [0.1, 0.15) is 31.7 Å². The highest BCUT2D eigenvalue weighted by atomic mass is 19.4. The van der Waals surface area contributed by atoms with Crippen molar-refractivity contribution in [2.75, 3.05) is 32.0 Å². The lowest BCUT2D eigenvalue weighted by atomic mass is 9.98. The monoisotopic (exact) mass is 429 g/mol. The van der Waals surface area contributed by atoms with Crippen LogP contribution in [-0.4, -0.2) is 56.2 Å². The molecule has 2 aliphatic heterocycles. The summed E-state index contributed by atoms with van der Waals surface area (Å²) in [6, 6.07) is 3.85. The number of nitrogens with zero attached hydrogens (tertiary/aromatic N) is 1. The molecule has 3 rings (SSSR count). The minimum Gasteiger partial charge on any atom is -0.327 e. The van der Waals surface area contributed by atoms with Crippen LogP contribution in [0.25, 0.3) is 0 Å². The second-order valence-electron chi connectivity index (χ2n) is 8.16. The van der Waals surface area contributed by atoms with Crippen molar-refractivity contribution in [1.29, 1.82) is 0 Å². The molecule has 1 aromatic carbocycles. The first kappa shape index (κ1) is 22.8. The van der Waals surface area contributed by atoms with Crippen molar-refractivity contribution in [2.24, 2.45) is 5.92 Å². The Morgan fingerprint density at radius 3 is 2.70 bits per heavy atom. The lowest BCUT2D eigenvalue weighted by Crippen LogP contribution is -2.60. The lowest BCUT2D eigenvalue weighted by molar-refractivity contribution is -0.137. The molecule has 0 aliphatic carbocycles. The normalized spacial score (nSPS) is 28.2. The van der Waals surface area contributed by atoms with Crippen LogP contribution in [0.3, 0.4) is 0 Å². The highest BCUT2D eigenvalue weighted by molar-refractivity contribution is 5.89. The Hall–Kier alpha value is -1.88. The molecule has 2 aliphatic rings. The zero-order chi connectivity index (χ0) is 21.7. The molecule has 0 spiro atoms. The topological polar surface area (TPSA) is 77.7 Å². The molecule has 2 amide bonds. The number of urea groups is 1. The summed E-state index contributed by atoms with van der Waals surface area (Å²) >= 11 is 0. The fourth-order valence-electron chi connectivity index (χ4n) is 3.88. The van der Waals surface area contributed by atoms with E-state index in [0.29, 0.717) is 5.92 Å². The van der Waals surface area contributed by atoms with E-state index in [1.165, 1.54) is 25.0 Å². The Balaban J connectivity index is 1.46. The van der Waals surface area contributed by atoms with E-state index in [0.717, 1.165) is 38.2 Å². The number of nitrogens with one attached hydrogen (secondary N) is 4. The summed E-state index contributed by atoms with van der Waals surface area (Å²) in [5.41, 5.74) is -0.502. The van der Waals surface area contributed by atoms with Gasteiger partial charge in [0.25, 0.3) is 0 Å². The van der Waals surface area contributed by atoms with Crippen molar-refractivity contribution in [3.05, 3.63) is 29.8 Å². The summed E-state index contributed by atoms with van der Waals surface area (Å²) in [4.78, 5) is 14.6. The number of carbonyl (C=O) groups is 1. The molecule has 7 nitrogen and oxygen atoms in total. The Labute approximate surface area is 174 Å². The first-order chi connectivity index (χ1) is 14.2. The van der Waals surface area contributed by atoms with Gasteiger partial charge in [-0.2, -0.15) is 13.2 Å². The SMILES string of the molecule is CC1CC(NCC2CCCN(C)C2)OC(NC(=O)Nc2ccc(C(F)(F)F)cc2)N1. The summed E-state index contributed by atoms with van der Waals surface area (Å²) in [6.45, 7) is 5.06. The number of hydrogen-bond acceptors (Lipinski definition) is 5. The molecule has 168 valence electrons. The van der Waals surface area contributed by atoms with Crippen LogP contribution in [0.15, 0.2) is 24.3 Å². The zero-order valence-corrected chi connectivity index (χ0v) is 17.3. The zero-order valence-electron chi connectivity index (χ0n) is 17.3. The van der Waals surface area contributed by atoms with Gasteiger partial charge in [-0.1, -0.05) is 0 Å². The molecule has 2 saturated heterocycles. The molecule has 0 bridgehead atoms. The van der Waals surface area contributed by atoms with E-state index in [1.807, 2.05) is 6.92 Å². The third-order valence-corrected chi connectivity index (χ3v) is 5.39. The molecule has 2 fully saturated rings. The first-order valence-corrected chi connectivity index (χ1v) is 10.3. The van der Waals surface area contributed by atoms with E-state index in [-0.39, 0.29) is 18.0 Å². The number of likely N-dealkylation sites (tertiary alicyclic amines) is 1. The lowest BCUT2D eigenvalue weighted by Gasteiger charge is -2.37.